The van der Waals surface area contributed by atoms with Crippen LogP contribution in [0.5, 0.6) is 0 Å². The third-order valence-electron chi connectivity index (χ3n) is 3.97. The number of para-hydroxylation sites is 2. The van der Waals surface area contributed by atoms with Crippen LogP contribution >= 0.6 is 0 Å². The zero-order valence-corrected chi connectivity index (χ0v) is 11.7. The van der Waals surface area contributed by atoms with Gasteiger partial charge in [-0.1, -0.05) is 12.1 Å². The predicted octanol–water partition coefficient (Wildman–Crippen LogP) is 1.56. The zero-order valence-electron chi connectivity index (χ0n) is 11.7. The van der Waals surface area contributed by atoms with E-state index in [-0.39, 0.29) is 24.5 Å². The average molecular weight is 274 g/mol. The van der Waals surface area contributed by atoms with Gasteiger partial charge in [-0.15, -0.1) is 0 Å². The van der Waals surface area contributed by atoms with Crippen LogP contribution in [0.25, 0.3) is 0 Å². The molecule has 2 atom stereocenters. The fourth-order valence-electron chi connectivity index (χ4n) is 2.79. The Morgan fingerprint density at radius 3 is 2.60 bits per heavy atom. The van der Waals surface area contributed by atoms with Crippen LogP contribution in [-0.2, 0) is 14.3 Å². The molecule has 0 spiro atoms. The number of carbonyl (C=O) groups is 2. The Hall–Kier alpha value is -1.88. The predicted molar refractivity (Wildman–Crippen MR) is 75.8 cm³/mol. The fourth-order valence-corrected chi connectivity index (χ4v) is 2.79. The van der Waals surface area contributed by atoms with Crippen LogP contribution in [0.15, 0.2) is 24.3 Å². The molecule has 0 aliphatic carbocycles. The van der Waals surface area contributed by atoms with Crippen LogP contribution in [0, 0.1) is 0 Å². The van der Waals surface area contributed by atoms with E-state index in [9.17, 15) is 9.59 Å². The van der Waals surface area contributed by atoms with E-state index in [0.717, 1.165) is 24.2 Å². The smallest absolute Gasteiger partial charge is 0.256 e. The van der Waals surface area contributed by atoms with Crippen LogP contribution in [0.4, 0.5) is 11.4 Å². The zero-order chi connectivity index (χ0) is 14.3. The van der Waals surface area contributed by atoms with Gasteiger partial charge >= 0.3 is 0 Å². The van der Waals surface area contributed by atoms with Crippen LogP contribution < -0.4 is 9.80 Å². The van der Waals surface area contributed by atoms with Crippen molar-refractivity contribution < 1.29 is 14.3 Å². The van der Waals surface area contributed by atoms with Gasteiger partial charge in [0, 0.05) is 7.05 Å². The van der Waals surface area contributed by atoms with E-state index < -0.39 is 6.10 Å². The third kappa shape index (κ3) is 2.08. The van der Waals surface area contributed by atoms with Gasteiger partial charge in [0.05, 0.1) is 17.5 Å². The summed E-state index contributed by atoms with van der Waals surface area (Å²) in [4.78, 5) is 27.8. The lowest BCUT2D eigenvalue weighted by atomic mass is 10.1. The van der Waals surface area contributed by atoms with Gasteiger partial charge in [-0.3, -0.25) is 14.5 Å². The van der Waals surface area contributed by atoms with E-state index in [0.29, 0.717) is 0 Å². The third-order valence-corrected chi connectivity index (χ3v) is 3.97. The maximum absolute atomic E-state index is 12.6. The Kier molecular flexibility index (Phi) is 3.22. The van der Waals surface area contributed by atoms with Gasteiger partial charge in [-0.05, 0) is 31.9 Å². The van der Waals surface area contributed by atoms with Gasteiger partial charge < -0.3 is 9.64 Å². The number of hydrogen-bond donors (Lipinski definition) is 0. The molecule has 0 bridgehead atoms. The van der Waals surface area contributed by atoms with Crippen molar-refractivity contribution in [2.75, 3.05) is 23.4 Å². The molecule has 2 aliphatic rings. The van der Waals surface area contributed by atoms with E-state index in [1.807, 2.05) is 31.2 Å². The lowest BCUT2D eigenvalue weighted by Crippen LogP contribution is -2.49. The largest absolute Gasteiger partial charge is 0.365 e. The second-order valence-electron chi connectivity index (χ2n) is 5.38. The Morgan fingerprint density at radius 2 is 1.95 bits per heavy atom. The molecule has 2 aliphatic heterocycles. The molecule has 5 heteroatoms. The Morgan fingerprint density at radius 1 is 1.25 bits per heavy atom. The van der Waals surface area contributed by atoms with Gasteiger partial charge in [0.15, 0.2) is 0 Å². The van der Waals surface area contributed by atoms with Crippen LogP contribution in [0.1, 0.15) is 19.8 Å². The maximum Gasteiger partial charge on any atom is 0.256 e. The monoisotopic (exact) mass is 274 g/mol. The fraction of sp³-hybridized carbons (Fsp3) is 0.467. The van der Waals surface area contributed by atoms with Crippen molar-refractivity contribution >= 4 is 23.2 Å². The first-order chi connectivity index (χ1) is 9.58. The normalized spacial score (nSPS) is 25.8. The Balaban J connectivity index is 1.92. The summed E-state index contributed by atoms with van der Waals surface area (Å²) in [6.45, 7) is 2.05. The SMILES string of the molecule is CC1CCC(C(=O)N2CC(=O)N(C)c3ccccc32)O1. The number of benzene rings is 1. The Bertz CT molecular complexity index is 558. The first-order valence-electron chi connectivity index (χ1n) is 6.90. The van der Waals surface area contributed by atoms with E-state index in [1.165, 1.54) is 0 Å². The molecule has 2 amide bonds. The number of hydrogen-bond acceptors (Lipinski definition) is 3. The second kappa shape index (κ2) is 4.90. The van der Waals surface area contributed by atoms with E-state index in [4.69, 9.17) is 4.74 Å². The summed E-state index contributed by atoms with van der Waals surface area (Å²) in [7, 11) is 1.73. The summed E-state index contributed by atoms with van der Waals surface area (Å²) in [5, 5.41) is 0. The van der Waals surface area contributed by atoms with E-state index in [1.54, 1.807) is 16.8 Å². The highest BCUT2D eigenvalue weighted by atomic mass is 16.5. The van der Waals surface area contributed by atoms with Crippen LogP contribution in [-0.4, -0.2) is 37.6 Å². The van der Waals surface area contributed by atoms with E-state index in [2.05, 4.69) is 0 Å². The number of anilines is 2. The number of amides is 2. The maximum atomic E-state index is 12.6. The summed E-state index contributed by atoms with van der Waals surface area (Å²) in [6, 6.07) is 7.46. The molecule has 106 valence electrons. The Labute approximate surface area is 118 Å². The molecule has 2 unspecified atom stereocenters. The van der Waals surface area contributed by atoms with Crippen molar-refractivity contribution in [3.63, 3.8) is 0 Å². The highest BCUT2D eigenvalue weighted by molar-refractivity contribution is 6.11. The molecule has 0 saturated carbocycles. The molecule has 20 heavy (non-hydrogen) atoms. The molecular weight excluding hydrogens is 256 g/mol. The summed E-state index contributed by atoms with van der Waals surface area (Å²) in [5.41, 5.74) is 1.55. The number of carbonyl (C=O) groups excluding carboxylic acids is 2. The summed E-state index contributed by atoms with van der Waals surface area (Å²) in [5.74, 6) is -0.189. The molecule has 1 aromatic carbocycles. The van der Waals surface area contributed by atoms with Crippen molar-refractivity contribution in [3.8, 4) is 0 Å². The summed E-state index contributed by atoms with van der Waals surface area (Å²) in [6.07, 6.45) is 1.30. The number of ether oxygens (including phenoxy) is 1. The minimum Gasteiger partial charge on any atom is -0.365 e. The van der Waals surface area contributed by atoms with Crippen molar-refractivity contribution in [2.45, 2.75) is 32.0 Å². The number of likely N-dealkylation sites (N-methyl/N-ethyl adjacent to an activating group) is 1. The van der Waals surface area contributed by atoms with Crippen molar-refractivity contribution in [2.24, 2.45) is 0 Å². The van der Waals surface area contributed by atoms with Gasteiger partial charge in [0.1, 0.15) is 12.6 Å². The number of rotatable bonds is 1. The minimum atomic E-state index is -0.422. The quantitative estimate of drug-likeness (QED) is 0.781. The second-order valence-corrected chi connectivity index (χ2v) is 5.38. The molecule has 3 rings (SSSR count). The summed E-state index contributed by atoms with van der Waals surface area (Å²) >= 11 is 0. The first-order valence-corrected chi connectivity index (χ1v) is 6.90. The molecule has 1 saturated heterocycles. The molecule has 1 aromatic rings. The standard InChI is InChI=1S/C15H18N2O3/c1-10-7-8-13(20-10)15(19)17-9-14(18)16(2)11-5-3-4-6-12(11)17/h3-6,10,13H,7-9H2,1-2H3. The van der Waals surface area contributed by atoms with Crippen LogP contribution in [0.3, 0.4) is 0 Å². The lowest BCUT2D eigenvalue weighted by Gasteiger charge is -2.35. The topological polar surface area (TPSA) is 49.9 Å². The van der Waals surface area contributed by atoms with Crippen molar-refractivity contribution in [1.29, 1.82) is 0 Å². The van der Waals surface area contributed by atoms with Gasteiger partial charge in [-0.2, -0.15) is 0 Å². The van der Waals surface area contributed by atoms with Crippen LogP contribution in [0.2, 0.25) is 0 Å². The lowest BCUT2D eigenvalue weighted by molar-refractivity contribution is -0.130. The van der Waals surface area contributed by atoms with Gasteiger partial charge in [0.2, 0.25) is 5.91 Å². The molecule has 5 nitrogen and oxygen atoms in total. The summed E-state index contributed by atoms with van der Waals surface area (Å²) < 4.78 is 5.64. The molecular formula is C15H18N2O3. The molecule has 1 fully saturated rings. The van der Waals surface area contributed by atoms with Gasteiger partial charge in [-0.25, -0.2) is 0 Å². The highest BCUT2D eigenvalue weighted by Crippen LogP contribution is 2.34. The molecule has 0 N–H and O–H groups in total. The molecule has 0 aromatic heterocycles. The first kappa shape index (κ1) is 13.1. The number of nitrogens with zero attached hydrogens (tertiary/aromatic N) is 2. The molecule has 0 radical (unpaired) electrons. The van der Waals surface area contributed by atoms with Crippen molar-refractivity contribution in [3.05, 3.63) is 24.3 Å². The van der Waals surface area contributed by atoms with E-state index >= 15 is 0 Å². The van der Waals surface area contributed by atoms with Crippen molar-refractivity contribution in [1.82, 2.24) is 0 Å². The number of fused-ring (bicyclic) bond motifs is 1. The highest BCUT2D eigenvalue weighted by Gasteiger charge is 2.37. The minimum absolute atomic E-state index is 0.0805. The average Bonchev–Trinajstić information content (AvgIpc) is 2.89. The van der Waals surface area contributed by atoms with Gasteiger partial charge in [0.25, 0.3) is 5.91 Å². The molecule has 2 heterocycles.